The number of allylic oxidation sites excluding steroid dienone is 4. The van der Waals surface area contributed by atoms with Crippen molar-refractivity contribution in [2.75, 3.05) is 0 Å². The number of para-hydroxylation sites is 2. The second-order valence-corrected chi connectivity index (χ2v) is 11.6. The summed E-state index contributed by atoms with van der Waals surface area (Å²) in [5.41, 5.74) is 6.21. The Kier molecular flexibility index (Phi) is 4.35. The molecule has 0 fully saturated rings. The zero-order valence-electron chi connectivity index (χ0n) is 21.0. The molecule has 0 radical (unpaired) electrons. The molecule has 3 heteroatoms. The van der Waals surface area contributed by atoms with Gasteiger partial charge in [0.15, 0.2) is 0 Å². The number of benzene rings is 5. The highest BCUT2D eigenvalue weighted by Gasteiger charge is 2.37. The molecule has 0 saturated heterocycles. The largest absolute Gasteiger partial charge is 0.461 e. The molecule has 2 aromatic heterocycles. The molecule has 184 valence electrons. The minimum Gasteiger partial charge on any atom is -0.461 e. The van der Waals surface area contributed by atoms with E-state index >= 15 is 0 Å². The Morgan fingerprint density at radius 1 is 0.641 bits per heavy atom. The van der Waals surface area contributed by atoms with Gasteiger partial charge in [-0.2, -0.15) is 0 Å². The van der Waals surface area contributed by atoms with Gasteiger partial charge in [-0.15, -0.1) is 11.3 Å². The number of hydrogen-bond acceptors (Lipinski definition) is 2. The lowest BCUT2D eigenvalue weighted by molar-refractivity contribution is 0.416. The van der Waals surface area contributed by atoms with Crippen LogP contribution in [0.5, 0.6) is 5.75 Å². The summed E-state index contributed by atoms with van der Waals surface area (Å²) >= 11 is 1.87. The van der Waals surface area contributed by atoms with Crippen LogP contribution in [-0.2, 0) is 0 Å². The fourth-order valence-corrected chi connectivity index (χ4v) is 7.79. The molecule has 0 N–H and O–H groups in total. The topological polar surface area (TPSA) is 14.2 Å². The first-order chi connectivity index (χ1) is 19.3. The second kappa shape index (κ2) is 7.95. The van der Waals surface area contributed by atoms with Crippen LogP contribution in [0.25, 0.3) is 47.7 Å². The molecule has 7 aromatic rings. The number of rotatable bonds is 2. The normalized spacial score (nSPS) is 18.0. The summed E-state index contributed by atoms with van der Waals surface area (Å²) < 4.78 is 11.5. The molecule has 3 heterocycles. The molecule has 0 amide bonds. The first kappa shape index (κ1) is 21.3. The van der Waals surface area contributed by atoms with E-state index in [1.807, 2.05) is 11.3 Å². The molecule has 1 aliphatic carbocycles. The summed E-state index contributed by atoms with van der Waals surface area (Å²) in [5, 5.41) is 5.24. The molecule has 2 atom stereocenters. The van der Waals surface area contributed by atoms with Crippen molar-refractivity contribution < 1.29 is 4.74 Å². The van der Waals surface area contributed by atoms with Gasteiger partial charge in [0.1, 0.15) is 11.5 Å². The number of aromatic nitrogens is 1. The maximum Gasteiger partial charge on any atom is 0.131 e. The number of nitrogens with zero attached hydrogens (tertiary/aromatic N) is 1. The van der Waals surface area contributed by atoms with Crippen LogP contribution in [0, 0.1) is 0 Å². The minimum atomic E-state index is 0.153. The average molecular weight is 518 g/mol. The van der Waals surface area contributed by atoms with E-state index in [0.717, 1.165) is 11.5 Å². The Bertz CT molecular complexity index is 2120. The van der Waals surface area contributed by atoms with Gasteiger partial charge in [0.25, 0.3) is 0 Å². The summed E-state index contributed by atoms with van der Waals surface area (Å²) in [5.74, 6) is 2.36. The zero-order chi connectivity index (χ0) is 25.5. The third-order valence-corrected chi connectivity index (χ3v) is 9.58. The Hall–Kier alpha value is -4.60. The number of hydrogen-bond donors (Lipinski definition) is 0. The third-order valence-electron chi connectivity index (χ3n) is 8.42. The van der Waals surface area contributed by atoms with E-state index in [1.165, 1.54) is 58.8 Å². The Labute approximate surface area is 229 Å². The van der Waals surface area contributed by atoms with Crippen LogP contribution in [0.4, 0.5) is 0 Å². The van der Waals surface area contributed by atoms with E-state index in [4.69, 9.17) is 4.74 Å². The van der Waals surface area contributed by atoms with E-state index in [2.05, 4.69) is 132 Å². The van der Waals surface area contributed by atoms with Crippen LogP contribution in [0.3, 0.4) is 0 Å². The van der Waals surface area contributed by atoms with Crippen LogP contribution in [-0.4, -0.2) is 4.57 Å². The van der Waals surface area contributed by atoms with Gasteiger partial charge in [0.05, 0.1) is 17.0 Å². The summed E-state index contributed by atoms with van der Waals surface area (Å²) in [4.78, 5) is 0. The molecule has 9 rings (SSSR count). The Morgan fingerprint density at radius 3 is 2.18 bits per heavy atom. The minimum absolute atomic E-state index is 0.153. The van der Waals surface area contributed by atoms with Crippen LogP contribution >= 0.6 is 11.3 Å². The standard InChI is InChI=1S/C36H23NOS/c1-4-12-30-25(8-1)26-9-2-5-13-31(26)37(30)23-17-18-32-29(21-23)36-24(11-7-14-33(36)38-32)22-16-19-35-28(20-22)27-10-3-6-15-34(27)39-35/h1-21,24,36H. The highest BCUT2D eigenvalue weighted by atomic mass is 32.1. The van der Waals surface area contributed by atoms with Crippen molar-refractivity contribution in [3.8, 4) is 11.4 Å². The van der Waals surface area contributed by atoms with Crippen molar-refractivity contribution in [1.82, 2.24) is 4.57 Å². The van der Waals surface area contributed by atoms with E-state index in [-0.39, 0.29) is 11.8 Å². The number of thiophene rings is 1. The van der Waals surface area contributed by atoms with Crippen molar-refractivity contribution in [1.29, 1.82) is 0 Å². The summed E-state index contributed by atoms with van der Waals surface area (Å²) in [6.45, 7) is 0. The lowest BCUT2D eigenvalue weighted by atomic mass is 9.78. The molecule has 1 aliphatic heterocycles. The molecule has 2 unspecified atom stereocenters. The monoisotopic (exact) mass is 517 g/mol. The van der Waals surface area contributed by atoms with Gasteiger partial charge in [-0.05, 0) is 60.2 Å². The van der Waals surface area contributed by atoms with Gasteiger partial charge in [-0.1, -0.05) is 72.8 Å². The lowest BCUT2D eigenvalue weighted by Gasteiger charge is -2.24. The van der Waals surface area contributed by atoms with Gasteiger partial charge in [-0.3, -0.25) is 0 Å². The first-order valence-electron chi connectivity index (χ1n) is 13.4. The summed E-state index contributed by atoms with van der Waals surface area (Å²) in [6.07, 6.45) is 6.64. The van der Waals surface area contributed by atoms with Crippen molar-refractivity contribution in [2.45, 2.75) is 11.8 Å². The van der Waals surface area contributed by atoms with Crippen molar-refractivity contribution in [3.05, 3.63) is 144 Å². The van der Waals surface area contributed by atoms with E-state index in [1.54, 1.807) is 0 Å². The maximum absolute atomic E-state index is 6.46. The predicted octanol–water partition coefficient (Wildman–Crippen LogP) is 9.87. The van der Waals surface area contributed by atoms with Crippen molar-refractivity contribution in [3.63, 3.8) is 0 Å². The van der Waals surface area contributed by atoms with Gasteiger partial charge in [0, 0.05) is 48.1 Å². The predicted molar refractivity (Wildman–Crippen MR) is 163 cm³/mol. The molecule has 0 bridgehead atoms. The highest BCUT2D eigenvalue weighted by molar-refractivity contribution is 7.25. The van der Waals surface area contributed by atoms with Crippen molar-refractivity contribution >= 4 is 53.3 Å². The average Bonchev–Trinajstić information content (AvgIpc) is 3.66. The Morgan fingerprint density at radius 2 is 1.36 bits per heavy atom. The van der Waals surface area contributed by atoms with Gasteiger partial charge in [-0.25, -0.2) is 0 Å². The lowest BCUT2D eigenvalue weighted by Crippen LogP contribution is -2.12. The molecule has 0 spiro atoms. The van der Waals surface area contributed by atoms with Crippen LogP contribution in [0.1, 0.15) is 23.0 Å². The van der Waals surface area contributed by atoms with Crippen molar-refractivity contribution in [2.24, 2.45) is 0 Å². The van der Waals surface area contributed by atoms with E-state index in [9.17, 15) is 0 Å². The molecule has 2 aliphatic rings. The molecule has 0 saturated carbocycles. The SMILES string of the molecule is C1=CC(c2ccc3sc4ccccc4c3c2)C2C(=C1)Oc1ccc(-n3c4ccccc4c4ccccc43)cc12. The second-order valence-electron chi connectivity index (χ2n) is 10.5. The summed E-state index contributed by atoms with van der Waals surface area (Å²) in [7, 11) is 0. The van der Waals surface area contributed by atoms with Crippen LogP contribution in [0.15, 0.2) is 133 Å². The smallest absolute Gasteiger partial charge is 0.131 e. The molecular weight excluding hydrogens is 494 g/mol. The molecule has 5 aromatic carbocycles. The molecular formula is C36H23NOS. The molecule has 39 heavy (non-hydrogen) atoms. The van der Waals surface area contributed by atoms with Crippen LogP contribution in [0.2, 0.25) is 0 Å². The first-order valence-corrected chi connectivity index (χ1v) is 14.2. The number of ether oxygens (including phenoxy) is 1. The quantitative estimate of drug-likeness (QED) is 0.223. The third kappa shape index (κ3) is 3.02. The number of fused-ring (bicyclic) bond motifs is 9. The molecule has 2 nitrogen and oxygen atoms in total. The maximum atomic E-state index is 6.46. The fourth-order valence-electron chi connectivity index (χ4n) is 6.70. The van der Waals surface area contributed by atoms with Crippen LogP contribution < -0.4 is 4.74 Å². The highest BCUT2D eigenvalue weighted by Crippen LogP contribution is 2.52. The Balaban J connectivity index is 1.21. The van der Waals surface area contributed by atoms with Gasteiger partial charge in [0.2, 0.25) is 0 Å². The van der Waals surface area contributed by atoms with Gasteiger partial charge < -0.3 is 9.30 Å². The zero-order valence-corrected chi connectivity index (χ0v) is 21.9. The van der Waals surface area contributed by atoms with E-state index < -0.39 is 0 Å². The summed E-state index contributed by atoms with van der Waals surface area (Å²) in [6, 6.07) is 39.8. The fraction of sp³-hybridized carbons (Fsp3) is 0.0556. The van der Waals surface area contributed by atoms with E-state index in [0.29, 0.717) is 0 Å². The van der Waals surface area contributed by atoms with Gasteiger partial charge >= 0.3 is 0 Å².